The van der Waals surface area contributed by atoms with Crippen molar-refractivity contribution in [3.63, 3.8) is 0 Å². The molecule has 18 heavy (non-hydrogen) atoms. The molecule has 1 rings (SSSR count). The Labute approximate surface area is 110 Å². The lowest BCUT2D eigenvalue weighted by Gasteiger charge is -2.10. The quantitative estimate of drug-likeness (QED) is 0.879. The summed E-state index contributed by atoms with van der Waals surface area (Å²) in [6.07, 6.45) is 0.427. The van der Waals surface area contributed by atoms with Gasteiger partial charge >= 0.3 is 0 Å². The molecule has 8 heteroatoms. The van der Waals surface area contributed by atoms with Crippen molar-refractivity contribution in [1.29, 1.82) is 0 Å². The van der Waals surface area contributed by atoms with Crippen LogP contribution in [0, 0.1) is 11.0 Å². The molecule has 0 aliphatic heterocycles. The van der Waals surface area contributed by atoms with E-state index in [1.54, 1.807) is 0 Å². The standard InChI is InChI=1S/C10H16FN3O2S2/c1-6(2)5-7(12)10(15)14-18(13,16)9-4-3-8(11)17-9/h3-4,6-7H,5,12H2,1-2H3,(H2,13,14,15,16)/t7-,18?/m0/s1. The molecule has 1 heterocycles. The molecule has 4 N–H and O–H groups in total. The Balaban J connectivity index is 2.94. The number of hydrogen-bond acceptors (Lipinski definition) is 4. The van der Waals surface area contributed by atoms with Crippen molar-refractivity contribution in [2.75, 3.05) is 0 Å². The summed E-state index contributed by atoms with van der Waals surface area (Å²) in [6, 6.07) is 1.55. The van der Waals surface area contributed by atoms with E-state index in [1.807, 2.05) is 13.8 Å². The van der Waals surface area contributed by atoms with Crippen LogP contribution in [0.4, 0.5) is 4.39 Å². The highest BCUT2D eigenvalue weighted by Crippen LogP contribution is 2.20. The van der Waals surface area contributed by atoms with Crippen LogP contribution >= 0.6 is 11.3 Å². The molecule has 1 aromatic rings. The summed E-state index contributed by atoms with van der Waals surface area (Å²) in [4.78, 5) is 11.6. The SMILES string of the molecule is CC(C)C[C@H](N)C(=O)N=S(N)(=O)c1ccc(F)s1. The first-order valence-electron chi connectivity index (χ1n) is 5.32. The summed E-state index contributed by atoms with van der Waals surface area (Å²) in [6.45, 7) is 3.81. The van der Waals surface area contributed by atoms with Crippen molar-refractivity contribution in [2.24, 2.45) is 21.2 Å². The first-order valence-corrected chi connectivity index (χ1v) is 7.71. The summed E-state index contributed by atoms with van der Waals surface area (Å²) < 4.78 is 28.3. The van der Waals surface area contributed by atoms with Gasteiger partial charge in [0.1, 0.15) is 4.21 Å². The largest absolute Gasteiger partial charge is 0.320 e. The minimum absolute atomic E-state index is 0.0325. The minimum Gasteiger partial charge on any atom is -0.320 e. The van der Waals surface area contributed by atoms with Gasteiger partial charge in [-0.3, -0.25) is 4.79 Å². The molecule has 0 spiro atoms. The first-order chi connectivity index (χ1) is 8.22. The lowest BCUT2D eigenvalue weighted by Crippen LogP contribution is -2.32. The van der Waals surface area contributed by atoms with E-state index < -0.39 is 27.0 Å². The Morgan fingerprint density at radius 1 is 1.56 bits per heavy atom. The van der Waals surface area contributed by atoms with Crippen LogP contribution < -0.4 is 10.9 Å². The average Bonchev–Trinajstić information content (AvgIpc) is 2.63. The van der Waals surface area contributed by atoms with Gasteiger partial charge in [0.05, 0.1) is 6.04 Å². The molecule has 1 aromatic heterocycles. The van der Waals surface area contributed by atoms with Gasteiger partial charge in [0.25, 0.3) is 5.91 Å². The summed E-state index contributed by atoms with van der Waals surface area (Å²) in [5.41, 5.74) is 5.61. The number of hydrogen-bond donors (Lipinski definition) is 2. The normalized spacial score (nSPS) is 16.3. The maximum atomic E-state index is 12.8. The molecule has 102 valence electrons. The Morgan fingerprint density at radius 2 is 2.17 bits per heavy atom. The number of carbonyl (C=O) groups is 1. The van der Waals surface area contributed by atoms with Crippen LogP contribution in [0.3, 0.4) is 0 Å². The van der Waals surface area contributed by atoms with Crippen LogP contribution in [-0.2, 0) is 14.7 Å². The molecule has 1 amide bonds. The maximum absolute atomic E-state index is 12.8. The van der Waals surface area contributed by atoms with E-state index in [0.29, 0.717) is 17.8 Å². The zero-order valence-electron chi connectivity index (χ0n) is 10.1. The van der Waals surface area contributed by atoms with Crippen molar-refractivity contribution in [3.05, 3.63) is 17.3 Å². The zero-order valence-corrected chi connectivity index (χ0v) is 11.8. The van der Waals surface area contributed by atoms with E-state index >= 15 is 0 Å². The molecular weight excluding hydrogens is 277 g/mol. The Morgan fingerprint density at radius 3 is 2.61 bits per heavy atom. The topological polar surface area (TPSA) is 98.5 Å². The fourth-order valence-electron chi connectivity index (χ4n) is 1.31. The maximum Gasteiger partial charge on any atom is 0.271 e. The summed E-state index contributed by atoms with van der Waals surface area (Å²) >= 11 is 0.608. The second kappa shape index (κ2) is 5.87. The van der Waals surface area contributed by atoms with E-state index in [4.69, 9.17) is 10.9 Å². The van der Waals surface area contributed by atoms with Crippen molar-refractivity contribution in [2.45, 2.75) is 30.5 Å². The monoisotopic (exact) mass is 293 g/mol. The third-order valence-electron chi connectivity index (χ3n) is 2.10. The molecule has 1 unspecified atom stereocenters. The van der Waals surface area contributed by atoms with Gasteiger partial charge in [-0.15, -0.1) is 4.36 Å². The molecule has 0 radical (unpaired) electrons. The van der Waals surface area contributed by atoms with Crippen LogP contribution in [0.15, 0.2) is 20.7 Å². The number of nitrogens with two attached hydrogens (primary N) is 2. The second-order valence-corrected chi connectivity index (χ2v) is 7.34. The molecule has 0 aromatic carbocycles. The predicted molar refractivity (Wildman–Crippen MR) is 69.7 cm³/mol. The van der Waals surface area contributed by atoms with Gasteiger partial charge in [-0.05, 0) is 24.5 Å². The average molecular weight is 293 g/mol. The highest BCUT2D eigenvalue weighted by Gasteiger charge is 2.18. The van der Waals surface area contributed by atoms with E-state index in [0.717, 1.165) is 6.07 Å². The summed E-state index contributed by atoms with van der Waals surface area (Å²) in [5.74, 6) is -0.503. The summed E-state index contributed by atoms with van der Waals surface area (Å²) in [5, 5.41) is 4.92. The second-order valence-electron chi connectivity index (χ2n) is 4.29. The zero-order chi connectivity index (χ0) is 13.9. The Kier molecular flexibility index (Phi) is 4.97. The highest BCUT2D eigenvalue weighted by atomic mass is 32.2. The molecule has 0 aliphatic carbocycles. The van der Waals surface area contributed by atoms with Crippen LogP contribution in [0.25, 0.3) is 0 Å². The van der Waals surface area contributed by atoms with Gasteiger partial charge in [-0.1, -0.05) is 25.2 Å². The fourth-order valence-corrected chi connectivity index (χ4v) is 3.36. The number of carbonyl (C=O) groups excluding carboxylic acids is 1. The highest BCUT2D eigenvalue weighted by molar-refractivity contribution is 7.93. The Hall–Kier alpha value is -0.830. The lowest BCUT2D eigenvalue weighted by molar-refractivity contribution is -0.119. The van der Waals surface area contributed by atoms with Crippen LogP contribution in [0.1, 0.15) is 20.3 Å². The molecule has 5 nitrogen and oxygen atoms in total. The number of nitrogens with zero attached hydrogens (tertiary/aromatic N) is 1. The van der Waals surface area contributed by atoms with E-state index in [1.165, 1.54) is 6.07 Å². The third kappa shape index (κ3) is 4.13. The van der Waals surface area contributed by atoms with E-state index in [-0.39, 0.29) is 10.1 Å². The number of halogens is 1. The fraction of sp³-hybridized carbons (Fsp3) is 0.500. The van der Waals surface area contributed by atoms with Gasteiger partial charge in [0, 0.05) is 0 Å². The van der Waals surface area contributed by atoms with Crippen molar-refractivity contribution in [3.8, 4) is 0 Å². The van der Waals surface area contributed by atoms with Gasteiger partial charge in [0.2, 0.25) is 0 Å². The minimum atomic E-state index is -3.40. The lowest BCUT2D eigenvalue weighted by atomic mass is 10.0. The van der Waals surface area contributed by atoms with Gasteiger partial charge in [0.15, 0.2) is 15.0 Å². The van der Waals surface area contributed by atoms with Gasteiger partial charge in [-0.2, -0.15) is 4.39 Å². The molecular formula is C10H16FN3O2S2. The van der Waals surface area contributed by atoms with Crippen LogP contribution in [0.5, 0.6) is 0 Å². The smallest absolute Gasteiger partial charge is 0.271 e. The van der Waals surface area contributed by atoms with Gasteiger partial charge in [-0.25, -0.2) is 9.35 Å². The van der Waals surface area contributed by atoms with Crippen LogP contribution in [0.2, 0.25) is 0 Å². The van der Waals surface area contributed by atoms with Crippen LogP contribution in [-0.4, -0.2) is 16.2 Å². The predicted octanol–water partition coefficient (Wildman–Crippen LogP) is 1.49. The molecule has 0 saturated carbocycles. The molecule has 0 fully saturated rings. The number of thiophene rings is 1. The number of amides is 1. The van der Waals surface area contributed by atoms with Crippen molar-refractivity contribution >= 4 is 27.2 Å². The van der Waals surface area contributed by atoms with Crippen molar-refractivity contribution < 1.29 is 13.4 Å². The number of rotatable bonds is 4. The molecule has 0 bridgehead atoms. The Bertz CT molecular complexity index is 547. The third-order valence-corrected chi connectivity index (χ3v) is 4.90. The molecule has 0 aliphatic rings. The van der Waals surface area contributed by atoms with E-state index in [2.05, 4.69) is 4.36 Å². The first kappa shape index (κ1) is 15.2. The summed E-state index contributed by atoms with van der Waals surface area (Å²) in [7, 11) is -3.40. The van der Waals surface area contributed by atoms with Gasteiger partial charge < -0.3 is 5.73 Å². The molecule has 2 atom stereocenters. The van der Waals surface area contributed by atoms with Crippen molar-refractivity contribution in [1.82, 2.24) is 0 Å². The van der Waals surface area contributed by atoms with E-state index in [9.17, 15) is 13.4 Å². The molecule has 0 saturated heterocycles.